The van der Waals surface area contributed by atoms with Crippen LogP contribution in [0.1, 0.15) is 27.6 Å². The van der Waals surface area contributed by atoms with Crippen LogP contribution in [-0.4, -0.2) is 11.7 Å². The third kappa shape index (κ3) is 3.22. The fraction of sp³-hybridized carbons (Fsp3) is 0.0667. The fourth-order valence-corrected chi connectivity index (χ4v) is 1.84. The number of ketones is 1. The minimum absolute atomic E-state index is 0.0917. The number of carbonyl (C=O) groups excluding carboxylic acids is 2. The molecule has 20 heavy (non-hydrogen) atoms. The van der Waals surface area contributed by atoms with Gasteiger partial charge in [0.1, 0.15) is 5.82 Å². The maximum Gasteiger partial charge on any atom is 0.255 e. The van der Waals surface area contributed by atoms with Gasteiger partial charge in [0.25, 0.3) is 5.91 Å². The van der Waals surface area contributed by atoms with E-state index in [1.54, 1.807) is 24.3 Å². The smallest absolute Gasteiger partial charge is 0.255 e. The highest BCUT2D eigenvalue weighted by Crippen LogP contribution is 2.18. The molecule has 0 radical (unpaired) electrons. The van der Waals surface area contributed by atoms with E-state index in [1.165, 1.54) is 19.1 Å². The van der Waals surface area contributed by atoms with E-state index in [9.17, 15) is 14.0 Å². The van der Waals surface area contributed by atoms with Gasteiger partial charge in [0.05, 0.1) is 5.02 Å². The van der Waals surface area contributed by atoms with E-state index in [0.717, 1.165) is 6.07 Å². The summed E-state index contributed by atoms with van der Waals surface area (Å²) in [5, 5.41) is 2.51. The molecular weight excluding hydrogens is 281 g/mol. The molecule has 3 nitrogen and oxygen atoms in total. The number of benzene rings is 2. The molecule has 0 bridgehead atoms. The molecule has 0 aliphatic carbocycles. The molecule has 2 aromatic rings. The van der Waals surface area contributed by atoms with E-state index in [0.29, 0.717) is 11.3 Å². The third-order valence-corrected chi connectivity index (χ3v) is 3.00. The van der Waals surface area contributed by atoms with Gasteiger partial charge >= 0.3 is 0 Å². The second-order valence-electron chi connectivity index (χ2n) is 4.22. The number of hydrogen-bond donors (Lipinski definition) is 1. The Balaban J connectivity index is 2.21. The van der Waals surface area contributed by atoms with Crippen molar-refractivity contribution >= 4 is 29.0 Å². The van der Waals surface area contributed by atoms with Gasteiger partial charge in [-0.15, -0.1) is 0 Å². The van der Waals surface area contributed by atoms with Crippen LogP contribution in [0.15, 0.2) is 42.5 Å². The summed E-state index contributed by atoms with van der Waals surface area (Å²) in [6, 6.07) is 10.3. The predicted molar refractivity (Wildman–Crippen MR) is 75.8 cm³/mol. The van der Waals surface area contributed by atoms with Gasteiger partial charge in [-0.2, -0.15) is 0 Å². The second kappa shape index (κ2) is 5.84. The van der Waals surface area contributed by atoms with Crippen LogP contribution in [0.4, 0.5) is 10.1 Å². The molecule has 1 N–H and O–H groups in total. The molecule has 0 saturated heterocycles. The molecule has 0 fully saturated rings. The number of rotatable bonds is 3. The molecule has 2 aromatic carbocycles. The first-order valence-electron chi connectivity index (χ1n) is 5.85. The topological polar surface area (TPSA) is 46.2 Å². The van der Waals surface area contributed by atoms with E-state index in [-0.39, 0.29) is 16.4 Å². The molecule has 0 saturated carbocycles. The van der Waals surface area contributed by atoms with Crippen LogP contribution in [0.2, 0.25) is 5.02 Å². The van der Waals surface area contributed by atoms with Crippen LogP contribution >= 0.6 is 11.6 Å². The van der Waals surface area contributed by atoms with Gasteiger partial charge in [0.15, 0.2) is 5.78 Å². The lowest BCUT2D eigenvalue weighted by Gasteiger charge is -2.07. The Bertz CT molecular complexity index is 685. The number of Topliss-reactive ketones (excluding diaryl/α,β-unsaturated/α-hetero) is 1. The highest BCUT2D eigenvalue weighted by Gasteiger charge is 2.09. The van der Waals surface area contributed by atoms with Crippen molar-refractivity contribution in [3.63, 3.8) is 0 Å². The van der Waals surface area contributed by atoms with E-state index in [2.05, 4.69) is 5.32 Å². The number of carbonyl (C=O) groups is 2. The van der Waals surface area contributed by atoms with Crippen molar-refractivity contribution in [2.45, 2.75) is 6.92 Å². The van der Waals surface area contributed by atoms with Crippen molar-refractivity contribution in [3.8, 4) is 0 Å². The molecule has 0 heterocycles. The first-order chi connectivity index (χ1) is 9.47. The quantitative estimate of drug-likeness (QED) is 0.871. The summed E-state index contributed by atoms with van der Waals surface area (Å²) in [5.41, 5.74) is 1.23. The number of halogens is 2. The lowest BCUT2D eigenvalue weighted by molar-refractivity contribution is 0.101. The first kappa shape index (κ1) is 14.2. The summed E-state index contributed by atoms with van der Waals surface area (Å²) < 4.78 is 13.0. The zero-order valence-corrected chi connectivity index (χ0v) is 11.4. The maximum absolute atomic E-state index is 13.0. The van der Waals surface area contributed by atoms with Crippen LogP contribution in [0.3, 0.4) is 0 Å². The SMILES string of the molecule is CC(=O)c1cccc(NC(=O)c2ccc(F)c(Cl)c2)c1. The van der Waals surface area contributed by atoms with E-state index >= 15 is 0 Å². The summed E-state index contributed by atoms with van der Waals surface area (Å²) in [4.78, 5) is 23.2. The van der Waals surface area contributed by atoms with Gasteiger partial charge in [-0.3, -0.25) is 9.59 Å². The number of hydrogen-bond acceptors (Lipinski definition) is 2. The summed E-state index contributed by atoms with van der Waals surface area (Å²) in [7, 11) is 0. The lowest BCUT2D eigenvalue weighted by atomic mass is 10.1. The van der Waals surface area contributed by atoms with Crippen molar-refractivity contribution in [2.75, 3.05) is 5.32 Å². The van der Waals surface area contributed by atoms with Crippen molar-refractivity contribution in [1.82, 2.24) is 0 Å². The van der Waals surface area contributed by atoms with Crippen LogP contribution in [0.25, 0.3) is 0 Å². The molecule has 5 heteroatoms. The standard InChI is InChI=1S/C15H11ClFNO2/c1-9(19)10-3-2-4-12(7-10)18-15(20)11-5-6-14(17)13(16)8-11/h2-8H,1H3,(H,18,20). The van der Waals surface area contributed by atoms with Gasteiger partial charge in [-0.25, -0.2) is 4.39 Å². The Kier molecular flexibility index (Phi) is 4.15. The van der Waals surface area contributed by atoms with Gasteiger partial charge < -0.3 is 5.32 Å². The molecule has 0 aromatic heterocycles. The Morgan fingerprint density at radius 3 is 2.50 bits per heavy atom. The molecule has 102 valence electrons. The van der Waals surface area contributed by atoms with Crippen molar-refractivity contribution in [1.29, 1.82) is 0 Å². The molecule has 2 rings (SSSR count). The summed E-state index contributed by atoms with van der Waals surface area (Å²) in [6.45, 7) is 1.45. The van der Waals surface area contributed by atoms with Crippen LogP contribution < -0.4 is 5.32 Å². The van der Waals surface area contributed by atoms with Crippen molar-refractivity contribution < 1.29 is 14.0 Å². The molecule has 0 unspecified atom stereocenters. The second-order valence-corrected chi connectivity index (χ2v) is 4.63. The van der Waals surface area contributed by atoms with Crippen LogP contribution in [0, 0.1) is 5.82 Å². The van der Waals surface area contributed by atoms with E-state index in [4.69, 9.17) is 11.6 Å². The van der Waals surface area contributed by atoms with Crippen LogP contribution in [0.5, 0.6) is 0 Å². The Morgan fingerprint density at radius 1 is 1.10 bits per heavy atom. The number of nitrogens with one attached hydrogen (secondary N) is 1. The highest BCUT2D eigenvalue weighted by atomic mass is 35.5. The van der Waals surface area contributed by atoms with Gasteiger partial charge in [0, 0.05) is 16.8 Å². The Hall–Kier alpha value is -2.20. The third-order valence-electron chi connectivity index (χ3n) is 2.71. The van der Waals surface area contributed by atoms with Crippen LogP contribution in [-0.2, 0) is 0 Å². The van der Waals surface area contributed by atoms with Crippen molar-refractivity contribution in [3.05, 3.63) is 64.4 Å². The summed E-state index contributed by atoms with van der Waals surface area (Å²) in [6.07, 6.45) is 0. The highest BCUT2D eigenvalue weighted by molar-refractivity contribution is 6.31. The average Bonchev–Trinajstić information content (AvgIpc) is 2.42. The summed E-state index contributed by atoms with van der Waals surface area (Å²) in [5.74, 6) is -1.10. The molecule has 0 aliphatic rings. The van der Waals surface area contributed by atoms with E-state index in [1.807, 2.05) is 0 Å². The zero-order chi connectivity index (χ0) is 14.7. The number of anilines is 1. The normalized spacial score (nSPS) is 10.2. The molecular formula is C15H11ClFNO2. The predicted octanol–water partition coefficient (Wildman–Crippen LogP) is 3.93. The maximum atomic E-state index is 13.0. The fourth-order valence-electron chi connectivity index (χ4n) is 1.66. The molecule has 1 amide bonds. The van der Waals surface area contributed by atoms with Gasteiger partial charge in [-0.05, 0) is 37.3 Å². The molecule has 0 aliphatic heterocycles. The zero-order valence-electron chi connectivity index (χ0n) is 10.6. The Labute approximate surface area is 120 Å². The van der Waals surface area contributed by atoms with Gasteiger partial charge in [0.2, 0.25) is 0 Å². The minimum Gasteiger partial charge on any atom is -0.322 e. The lowest BCUT2D eigenvalue weighted by Crippen LogP contribution is -2.12. The average molecular weight is 292 g/mol. The number of amides is 1. The Morgan fingerprint density at radius 2 is 1.85 bits per heavy atom. The molecule has 0 spiro atoms. The van der Waals surface area contributed by atoms with Gasteiger partial charge in [-0.1, -0.05) is 23.7 Å². The summed E-state index contributed by atoms with van der Waals surface area (Å²) >= 11 is 5.63. The largest absolute Gasteiger partial charge is 0.322 e. The van der Waals surface area contributed by atoms with E-state index < -0.39 is 11.7 Å². The first-order valence-corrected chi connectivity index (χ1v) is 6.22. The minimum atomic E-state index is -0.582. The molecule has 0 atom stereocenters. The van der Waals surface area contributed by atoms with Crippen molar-refractivity contribution in [2.24, 2.45) is 0 Å². The monoisotopic (exact) mass is 291 g/mol.